The molecule has 158 valence electrons. The Labute approximate surface area is 175 Å². The molecule has 28 heavy (non-hydrogen) atoms. The highest BCUT2D eigenvalue weighted by Gasteiger charge is 2.45. The predicted molar refractivity (Wildman–Crippen MR) is 121 cm³/mol. The molecule has 0 saturated carbocycles. The van der Waals surface area contributed by atoms with Gasteiger partial charge in [-0.1, -0.05) is 53.7 Å². The van der Waals surface area contributed by atoms with Crippen LogP contribution in [0.1, 0.15) is 61.0 Å². The molecule has 2 rings (SSSR count). The van der Waals surface area contributed by atoms with Crippen molar-refractivity contribution in [1.29, 1.82) is 0 Å². The monoisotopic (exact) mass is 423 g/mol. The fourth-order valence-electron chi connectivity index (χ4n) is 4.94. The van der Waals surface area contributed by atoms with Crippen LogP contribution in [0.4, 0.5) is 4.79 Å². The van der Waals surface area contributed by atoms with Crippen LogP contribution in [-0.4, -0.2) is 41.7 Å². The van der Waals surface area contributed by atoms with Gasteiger partial charge in [0, 0.05) is 4.90 Å². The van der Waals surface area contributed by atoms with Gasteiger partial charge in [-0.3, -0.25) is 4.90 Å². The van der Waals surface area contributed by atoms with Gasteiger partial charge in [-0.15, -0.1) is 0 Å². The van der Waals surface area contributed by atoms with Gasteiger partial charge in [-0.2, -0.15) is 11.2 Å². The molecule has 1 aliphatic heterocycles. The molecule has 4 nitrogen and oxygen atoms in total. The standard InChI is InChI=1S/C22H37NO3SSi/c1-15(2)28(16(3)4,17(5)6)27-20-11-9-18(10-12-20)13-19-14-26-22(7,8)23(19)21(24)25/h9-12,15-17,19H,13-14H2,1-8H3,(H,24,25)/t19-/m0/s1. The van der Waals surface area contributed by atoms with Crippen LogP contribution in [0, 0.1) is 0 Å². The lowest BCUT2D eigenvalue weighted by Crippen LogP contribution is -2.47. The molecule has 0 radical (unpaired) electrons. The third kappa shape index (κ3) is 4.60. The van der Waals surface area contributed by atoms with E-state index in [1.807, 2.05) is 13.8 Å². The summed E-state index contributed by atoms with van der Waals surface area (Å²) in [5.41, 5.74) is 2.52. The number of ether oxygens (including phenoxy) is 1. The molecule has 0 bridgehead atoms. The maximum absolute atomic E-state index is 11.7. The molecule has 0 spiro atoms. The summed E-state index contributed by atoms with van der Waals surface area (Å²) in [4.78, 5) is 14.5. The molecule has 1 aromatic rings. The zero-order chi connectivity index (χ0) is 21.3. The second-order valence-electron chi connectivity index (χ2n) is 9.33. The Morgan fingerprint density at radius 2 is 1.64 bits per heavy atom. The molecule has 0 aliphatic carbocycles. The van der Waals surface area contributed by atoms with Crippen molar-refractivity contribution in [1.82, 2.24) is 4.90 Å². The molecular weight excluding hydrogens is 386 g/mol. The first-order valence-corrected chi connectivity index (χ1v) is 14.1. The van der Waals surface area contributed by atoms with E-state index < -0.39 is 19.0 Å². The van der Waals surface area contributed by atoms with Crippen LogP contribution in [-0.2, 0) is 11.2 Å². The third-order valence-corrected chi connectivity index (χ3v) is 18.5. The van der Waals surface area contributed by atoms with Gasteiger partial charge in [-0.25, -0.2) is 4.79 Å². The van der Waals surface area contributed by atoms with Gasteiger partial charge in [-0.05, 0) is 54.6 Å². The lowest BCUT2D eigenvalue weighted by Gasteiger charge is -2.42. The molecule has 6 heteroatoms. The van der Waals surface area contributed by atoms with Gasteiger partial charge in [0.05, 0.1) is 12.6 Å². The zero-order valence-electron chi connectivity index (χ0n) is 18.7. The summed E-state index contributed by atoms with van der Waals surface area (Å²) in [5.74, 6) is 0. The van der Waals surface area contributed by atoms with Crippen LogP contribution in [0.25, 0.3) is 0 Å². The molecule has 1 fully saturated rings. The van der Waals surface area contributed by atoms with Crippen LogP contribution in [0.2, 0.25) is 16.6 Å². The maximum Gasteiger partial charge on any atom is 0.409 e. The van der Waals surface area contributed by atoms with Gasteiger partial charge < -0.3 is 9.84 Å². The number of hydrogen-bond donors (Lipinski definition) is 1. The predicted octanol–water partition coefficient (Wildman–Crippen LogP) is 6.61. The first kappa shape index (κ1) is 23.3. The third-order valence-electron chi connectivity index (χ3n) is 6.18. The Kier molecular flexibility index (Phi) is 7.32. The second-order valence-corrected chi connectivity index (χ2v) is 17.9. The highest BCUT2D eigenvalue weighted by molar-refractivity contribution is 8.29. The first-order chi connectivity index (χ1) is 12.9. The van der Waals surface area contributed by atoms with E-state index in [1.54, 1.807) is 0 Å². The van der Waals surface area contributed by atoms with E-state index >= 15 is 0 Å². The molecule has 1 atom stereocenters. The van der Waals surface area contributed by atoms with Crippen LogP contribution in [0.15, 0.2) is 29.2 Å². The normalized spacial score (nSPS) is 19.8. The average Bonchev–Trinajstić information content (AvgIpc) is 2.87. The number of benzene rings is 1. The molecule has 1 aliphatic rings. The van der Waals surface area contributed by atoms with Crippen molar-refractivity contribution in [3.8, 4) is 0 Å². The Bertz CT molecular complexity index is 651. The quantitative estimate of drug-likeness (QED) is 0.501. The minimum absolute atomic E-state index is 0.138. The van der Waals surface area contributed by atoms with Gasteiger partial charge in [0.15, 0.2) is 0 Å². The maximum atomic E-state index is 11.7. The van der Waals surface area contributed by atoms with E-state index in [-0.39, 0.29) is 6.04 Å². The van der Waals surface area contributed by atoms with Crippen LogP contribution >= 0.6 is 11.2 Å². The summed E-state index contributed by atoms with van der Waals surface area (Å²) in [5, 5.41) is 9.57. The number of amides is 1. The van der Waals surface area contributed by atoms with Crippen molar-refractivity contribution in [2.45, 2.75) is 95.1 Å². The number of carboxylic acid groups (broad SMARTS) is 1. The number of carbonyl (C=O) groups is 1. The molecule has 0 unspecified atom stereocenters. The molecule has 1 amide bonds. The summed E-state index contributed by atoms with van der Waals surface area (Å²) in [6.07, 6.45) is -0.233. The largest absolute Gasteiger partial charge is 0.465 e. The first-order valence-electron chi connectivity index (χ1n) is 10.4. The zero-order valence-corrected chi connectivity index (χ0v) is 20.5. The highest BCUT2D eigenvalue weighted by atomic mass is 32.4. The summed E-state index contributed by atoms with van der Waals surface area (Å²) in [6, 6.07) is 8.63. The number of rotatable bonds is 7. The van der Waals surface area contributed by atoms with E-state index in [2.05, 4.69) is 77.0 Å². The topological polar surface area (TPSA) is 49.8 Å². The number of hydrogen-bond acceptors (Lipinski definition) is 3. The van der Waals surface area contributed by atoms with E-state index in [1.165, 1.54) is 9.80 Å². The Balaban J connectivity index is 2.16. The minimum atomic E-state index is -1.56. The number of nitrogens with zero attached hydrogens (tertiary/aromatic N) is 1. The van der Waals surface area contributed by atoms with Crippen LogP contribution in [0.5, 0.6) is 0 Å². The summed E-state index contributed by atoms with van der Waals surface area (Å²) < 4.78 is 5.71. The summed E-state index contributed by atoms with van der Waals surface area (Å²) in [6.45, 7) is 18.4. The van der Waals surface area contributed by atoms with E-state index in [0.29, 0.717) is 29.7 Å². The Morgan fingerprint density at radius 1 is 1.14 bits per heavy atom. The van der Waals surface area contributed by atoms with Gasteiger partial charge >= 0.3 is 6.09 Å². The van der Waals surface area contributed by atoms with Crippen molar-refractivity contribution in [2.75, 3.05) is 6.61 Å². The van der Waals surface area contributed by atoms with Crippen molar-refractivity contribution < 1.29 is 14.6 Å². The molecular formula is C22H37NO3SSi. The summed E-state index contributed by atoms with van der Waals surface area (Å²) in [7, 11) is -1.56. The van der Waals surface area contributed by atoms with Crippen LogP contribution in [0.3, 0.4) is 0 Å². The lowest BCUT2D eigenvalue weighted by atomic mass is 10.1. The van der Waals surface area contributed by atoms with Gasteiger partial charge in [0.1, 0.15) is 12.9 Å². The van der Waals surface area contributed by atoms with E-state index in [4.69, 9.17) is 4.74 Å². The Hall–Kier alpha value is -0.983. The van der Waals surface area contributed by atoms with Crippen molar-refractivity contribution in [2.24, 2.45) is 0 Å². The smallest absolute Gasteiger partial charge is 0.409 e. The lowest BCUT2D eigenvalue weighted by molar-refractivity contribution is -0.0419. The van der Waals surface area contributed by atoms with Gasteiger partial charge in [0.25, 0.3) is 0 Å². The van der Waals surface area contributed by atoms with E-state index in [9.17, 15) is 9.90 Å². The van der Waals surface area contributed by atoms with Gasteiger partial charge in [0.2, 0.25) is 0 Å². The molecule has 1 heterocycles. The fourth-order valence-corrected chi connectivity index (χ4v) is 14.1. The fraction of sp³-hybridized carbons (Fsp3) is 0.682. The molecule has 1 N–H and O–H groups in total. The molecule has 1 saturated heterocycles. The summed E-state index contributed by atoms with van der Waals surface area (Å²) >= 11 is 2.13. The van der Waals surface area contributed by atoms with Crippen molar-refractivity contribution >= 4 is 24.5 Å². The van der Waals surface area contributed by atoms with Crippen molar-refractivity contribution in [3.05, 3.63) is 29.8 Å². The highest BCUT2D eigenvalue weighted by Crippen LogP contribution is 2.51. The van der Waals surface area contributed by atoms with Crippen molar-refractivity contribution in [3.63, 3.8) is 0 Å². The SMILES string of the molecule is CC(C)[Si](Sc1ccc(C[C@H]2COC(C)(C)N2C(=O)O)cc1)(C(C)C)C(C)C. The Morgan fingerprint density at radius 3 is 2.07 bits per heavy atom. The average molecular weight is 424 g/mol. The molecule has 1 aromatic carbocycles. The minimum Gasteiger partial charge on any atom is -0.465 e. The molecule has 0 aromatic heterocycles. The van der Waals surface area contributed by atoms with E-state index in [0.717, 1.165) is 5.56 Å². The van der Waals surface area contributed by atoms with Crippen LogP contribution < -0.4 is 0 Å². The second kappa shape index (κ2) is 8.80.